The minimum Gasteiger partial charge on any atom is -0.441 e. The molecule has 0 radical (unpaired) electrons. The van der Waals surface area contributed by atoms with E-state index in [0.717, 1.165) is 17.0 Å². The summed E-state index contributed by atoms with van der Waals surface area (Å²) in [7, 11) is 0. The summed E-state index contributed by atoms with van der Waals surface area (Å²) < 4.78 is 11.6. The molecule has 0 aliphatic carbocycles. The van der Waals surface area contributed by atoms with Gasteiger partial charge in [-0.3, -0.25) is 4.90 Å². The highest BCUT2D eigenvalue weighted by Crippen LogP contribution is 2.26. The van der Waals surface area contributed by atoms with Crippen molar-refractivity contribution in [3.05, 3.63) is 35.7 Å². The van der Waals surface area contributed by atoms with Gasteiger partial charge in [-0.2, -0.15) is 0 Å². The molecule has 5 nitrogen and oxygen atoms in total. The quantitative estimate of drug-likeness (QED) is 0.796. The van der Waals surface area contributed by atoms with Crippen molar-refractivity contribution in [3.63, 3.8) is 0 Å². The molecule has 2 aromatic rings. The molecule has 0 saturated carbocycles. The van der Waals surface area contributed by atoms with E-state index >= 15 is 0 Å². The third-order valence-electron chi connectivity index (χ3n) is 4.36. The number of β-amino-alcohol motifs (C(OH)–C–C–N with tert-alkyl or cyclic N) is 1. The van der Waals surface area contributed by atoms with Crippen LogP contribution in [0.2, 0.25) is 0 Å². The van der Waals surface area contributed by atoms with Gasteiger partial charge in [-0.25, -0.2) is 4.98 Å². The van der Waals surface area contributed by atoms with Crippen molar-refractivity contribution in [1.29, 1.82) is 0 Å². The van der Waals surface area contributed by atoms with Crippen LogP contribution in [0, 0.1) is 6.92 Å². The molecule has 0 spiro atoms. The normalized spacial score (nSPS) is 21.4. The number of thioether (sulfide) groups is 1. The number of hydrogen-bond donors (Lipinski definition) is 1. The van der Waals surface area contributed by atoms with Gasteiger partial charge < -0.3 is 14.3 Å². The molecule has 1 aromatic carbocycles. The third kappa shape index (κ3) is 4.44. The van der Waals surface area contributed by atoms with E-state index in [0.29, 0.717) is 25.5 Å². The van der Waals surface area contributed by atoms with Crippen molar-refractivity contribution in [2.24, 2.45) is 0 Å². The maximum absolute atomic E-state index is 10.2. The van der Waals surface area contributed by atoms with Crippen molar-refractivity contribution in [2.75, 3.05) is 19.3 Å². The summed E-state index contributed by atoms with van der Waals surface area (Å²) in [5, 5.41) is 10.2. The van der Waals surface area contributed by atoms with E-state index in [1.165, 1.54) is 4.90 Å². The number of oxazole rings is 1. The van der Waals surface area contributed by atoms with Gasteiger partial charge in [0.1, 0.15) is 5.76 Å². The van der Waals surface area contributed by atoms with Gasteiger partial charge in [0.2, 0.25) is 5.89 Å². The number of aromatic nitrogens is 1. The van der Waals surface area contributed by atoms with Gasteiger partial charge in [0.25, 0.3) is 0 Å². The number of ether oxygens (including phenoxy) is 1. The minimum absolute atomic E-state index is 0.115. The molecular formula is C19H26N2O3S. The van der Waals surface area contributed by atoms with E-state index in [-0.39, 0.29) is 12.2 Å². The fraction of sp³-hybridized carbons (Fsp3) is 0.526. The molecule has 0 amide bonds. The minimum atomic E-state index is -0.451. The lowest BCUT2D eigenvalue weighted by Gasteiger charge is -2.17. The molecule has 0 bridgehead atoms. The second kappa shape index (κ2) is 7.91. The fourth-order valence-corrected chi connectivity index (χ4v) is 3.50. The molecule has 3 rings (SSSR count). The second-order valence-electron chi connectivity index (χ2n) is 6.74. The highest BCUT2D eigenvalue weighted by molar-refractivity contribution is 7.98. The number of likely N-dealkylation sites (tertiary alicyclic amines) is 1. The molecule has 25 heavy (non-hydrogen) atoms. The molecule has 1 aromatic heterocycles. The van der Waals surface area contributed by atoms with Crippen molar-refractivity contribution >= 4 is 11.8 Å². The van der Waals surface area contributed by atoms with Gasteiger partial charge in [-0.05, 0) is 51.3 Å². The zero-order valence-electron chi connectivity index (χ0n) is 15.2. The first-order valence-electron chi connectivity index (χ1n) is 8.63. The molecule has 2 heterocycles. The summed E-state index contributed by atoms with van der Waals surface area (Å²) in [5.74, 6) is 1.47. The summed E-state index contributed by atoms with van der Waals surface area (Å²) in [6.07, 6.45) is 1.59. The Bertz CT molecular complexity index is 699. The molecule has 1 aliphatic rings. The van der Waals surface area contributed by atoms with Gasteiger partial charge in [0.15, 0.2) is 0 Å². The topological polar surface area (TPSA) is 58.7 Å². The van der Waals surface area contributed by atoms with Gasteiger partial charge in [0, 0.05) is 30.1 Å². The standard InChI is InChI=1S/C19H26N2O3S/c1-12(2)23-18-11-21(10-17(18)22)9-16-13(3)24-19(20-16)14-5-7-15(25-4)8-6-14/h5-8,12,17-18,22H,9-11H2,1-4H3/t17-,18-/m1/s1. The summed E-state index contributed by atoms with van der Waals surface area (Å²) in [5.41, 5.74) is 1.90. The van der Waals surface area contributed by atoms with E-state index in [9.17, 15) is 5.11 Å². The van der Waals surface area contributed by atoms with E-state index in [1.54, 1.807) is 11.8 Å². The molecule has 1 fully saturated rings. The molecule has 1 saturated heterocycles. The smallest absolute Gasteiger partial charge is 0.226 e. The van der Waals surface area contributed by atoms with Crippen LogP contribution in [0.25, 0.3) is 11.5 Å². The third-order valence-corrected chi connectivity index (χ3v) is 5.11. The van der Waals surface area contributed by atoms with Gasteiger partial charge in [-0.15, -0.1) is 11.8 Å². The predicted molar refractivity (Wildman–Crippen MR) is 99.7 cm³/mol. The maximum Gasteiger partial charge on any atom is 0.226 e. The van der Waals surface area contributed by atoms with E-state index < -0.39 is 6.10 Å². The Morgan fingerprint density at radius 2 is 2.04 bits per heavy atom. The van der Waals surface area contributed by atoms with Crippen LogP contribution in [0.5, 0.6) is 0 Å². The number of nitrogens with zero attached hydrogens (tertiary/aromatic N) is 2. The zero-order valence-corrected chi connectivity index (χ0v) is 16.0. The lowest BCUT2D eigenvalue weighted by Crippen LogP contribution is -2.29. The lowest BCUT2D eigenvalue weighted by atomic mass is 10.2. The van der Waals surface area contributed by atoms with Crippen LogP contribution in [0.3, 0.4) is 0 Å². The number of aliphatic hydroxyl groups is 1. The molecular weight excluding hydrogens is 336 g/mol. The largest absolute Gasteiger partial charge is 0.441 e. The Balaban J connectivity index is 1.68. The number of aryl methyl sites for hydroxylation is 1. The van der Waals surface area contributed by atoms with Crippen LogP contribution >= 0.6 is 11.8 Å². The molecule has 136 valence electrons. The summed E-state index contributed by atoms with van der Waals surface area (Å²) in [6, 6.07) is 8.22. The number of aliphatic hydroxyl groups excluding tert-OH is 1. The highest BCUT2D eigenvalue weighted by Gasteiger charge is 2.33. The van der Waals surface area contributed by atoms with Crippen molar-refractivity contribution < 1.29 is 14.3 Å². The van der Waals surface area contributed by atoms with Crippen LogP contribution in [0.4, 0.5) is 0 Å². The SMILES string of the molecule is CSc1ccc(-c2nc(CN3C[C@@H](O)[C@H](OC(C)C)C3)c(C)o2)cc1. The molecule has 1 aliphatic heterocycles. The van der Waals surface area contributed by atoms with Gasteiger partial charge in [0.05, 0.1) is 24.0 Å². The Hall–Kier alpha value is -1.34. The Morgan fingerprint density at radius 1 is 1.32 bits per heavy atom. The maximum atomic E-state index is 10.2. The number of benzene rings is 1. The Morgan fingerprint density at radius 3 is 2.68 bits per heavy atom. The average Bonchev–Trinajstić information content (AvgIpc) is 3.10. The first-order valence-corrected chi connectivity index (χ1v) is 9.85. The van der Waals surface area contributed by atoms with Crippen molar-refractivity contribution in [2.45, 2.75) is 50.5 Å². The van der Waals surface area contributed by atoms with Gasteiger partial charge >= 0.3 is 0 Å². The van der Waals surface area contributed by atoms with E-state index in [4.69, 9.17) is 9.15 Å². The Labute approximate surface area is 153 Å². The summed E-state index contributed by atoms with van der Waals surface area (Å²) in [6.45, 7) is 7.90. The number of rotatable bonds is 6. The van der Waals surface area contributed by atoms with Gasteiger partial charge in [-0.1, -0.05) is 0 Å². The highest BCUT2D eigenvalue weighted by atomic mass is 32.2. The lowest BCUT2D eigenvalue weighted by molar-refractivity contribution is -0.0396. The Kier molecular flexibility index (Phi) is 5.84. The van der Waals surface area contributed by atoms with Crippen LogP contribution in [-0.2, 0) is 11.3 Å². The first-order chi connectivity index (χ1) is 12.0. The second-order valence-corrected chi connectivity index (χ2v) is 7.61. The van der Waals surface area contributed by atoms with Crippen LogP contribution in [0.15, 0.2) is 33.6 Å². The molecule has 6 heteroatoms. The average molecular weight is 362 g/mol. The van der Waals surface area contributed by atoms with Crippen molar-refractivity contribution in [3.8, 4) is 11.5 Å². The van der Waals surface area contributed by atoms with E-state index in [2.05, 4.69) is 28.3 Å². The predicted octanol–water partition coefficient (Wildman–Crippen LogP) is 3.34. The molecule has 0 unspecified atom stereocenters. The fourth-order valence-electron chi connectivity index (χ4n) is 3.09. The van der Waals surface area contributed by atoms with Crippen LogP contribution in [-0.4, -0.2) is 52.6 Å². The van der Waals surface area contributed by atoms with E-state index in [1.807, 2.05) is 32.9 Å². The number of hydrogen-bond acceptors (Lipinski definition) is 6. The summed E-state index contributed by atoms with van der Waals surface area (Å²) in [4.78, 5) is 8.06. The van der Waals surface area contributed by atoms with Crippen LogP contribution < -0.4 is 0 Å². The zero-order chi connectivity index (χ0) is 18.0. The molecule has 2 atom stereocenters. The van der Waals surface area contributed by atoms with Crippen molar-refractivity contribution in [1.82, 2.24) is 9.88 Å². The first kappa shape index (κ1) is 18.5. The molecule has 1 N–H and O–H groups in total. The monoisotopic (exact) mass is 362 g/mol. The summed E-state index contributed by atoms with van der Waals surface area (Å²) >= 11 is 1.71. The van der Waals surface area contributed by atoms with Crippen LogP contribution in [0.1, 0.15) is 25.3 Å².